The number of nitrogens with zero attached hydrogens (tertiary/aromatic N) is 2. The summed E-state index contributed by atoms with van der Waals surface area (Å²) >= 11 is 3.49. The van der Waals surface area contributed by atoms with Crippen LogP contribution in [-0.2, 0) is 6.54 Å². The predicted octanol–water partition coefficient (Wildman–Crippen LogP) is 3.78. The van der Waals surface area contributed by atoms with E-state index in [2.05, 4.69) is 68.5 Å². The highest BCUT2D eigenvalue weighted by Gasteiger charge is 2.01. The van der Waals surface area contributed by atoms with E-state index >= 15 is 0 Å². The predicted molar refractivity (Wildman–Crippen MR) is 87.8 cm³/mol. The summed E-state index contributed by atoms with van der Waals surface area (Å²) in [5.74, 6) is 0.915. The number of pyridine rings is 1. The molecule has 1 N–H and O–H groups in total. The highest BCUT2D eigenvalue weighted by Crippen LogP contribution is 2.17. The number of hydrogen-bond donors (Lipinski definition) is 1. The first-order chi connectivity index (χ1) is 9.75. The van der Waals surface area contributed by atoms with Gasteiger partial charge in [0.05, 0.1) is 4.47 Å². The molecular weight excluding hydrogens is 314 g/mol. The van der Waals surface area contributed by atoms with Crippen LogP contribution in [0, 0.1) is 0 Å². The Morgan fingerprint density at radius 1 is 1.15 bits per heavy atom. The van der Waals surface area contributed by atoms with Gasteiger partial charge < -0.3 is 10.2 Å². The molecule has 20 heavy (non-hydrogen) atoms. The molecule has 0 unspecified atom stereocenters. The Hall–Kier alpha value is -1.39. The average Bonchev–Trinajstić information content (AvgIpc) is 2.46. The smallest absolute Gasteiger partial charge is 0.140 e. The van der Waals surface area contributed by atoms with Crippen LogP contribution >= 0.6 is 15.9 Å². The lowest BCUT2D eigenvalue weighted by molar-refractivity contribution is 0.325. The summed E-state index contributed by atoms with van der Waals surface area (Å²) in [5, 5.41) is 3.35. The number of aromatic nitrogens is 1. The first-order valence-electron chi connectivity index (χ1n) is 6.82. The Kier molecular flexibility index (Phi) is 6.02. The molecule has 2 rings (SSSR count). The average molecular weight is 334 g/mol. The van der Waals surface area contributed by atoms with E-state index in [-0.39, 0.29) is 0 Å². The topological polar surface area (TPSA) is 28.2 Å². The van der Waals surface area contributed by atoms with E-state index in [9.17, 15) is 0 Å². The van der Waals surface area contributed by atoms with Crippen LogP contribution in [0.5, 0.6) is 0 Å². The first kappa shape index (κ1) is 15.0. The minimum absolute atomic E-state index is 0.915. The van der Waals surface area contributed by atoms with E-state index in [0.717, 1.165) is 36.3 Å². The molecule has 0 saturated carbocycles. The Morgan fingerprint density at radius 3 is 2.70 bits per heavy atom. The molecule has 106 valence electrons. The molecule has 3 nitrogen and oxygen atoms in total. The maximum absolute atomic E-state index is 4.29. The summed E-state index contributed by atoms with van der Waals surface area (Å²) in [5.41, 5.74) is 1.36. The highest BCUT2D eigenvalue weighted by atomic mass is 79.9. The summed E-state index contributed by atoms with van der Waals surface area (Å²) in [6.07, 6.45) is 2.89. The second-order valence-corrected chi connectivity index (χ2v) is 5.69. The Labute approximate surface area is 129 Å². The van der Waals surface area contributed by atoms with Crippen molar-refractivity contribution in [3.8, 4) is 0 Å². The van der Waals surface area contributed by atoms with Crippen molar-refractivity contribution in [2.24, 2.45) is 0 Å². The van der Waals surface area contributed by atoms with Gasteiger partial charge in [0.2, 0.25) is 0 Å². The molecule has 0 radical (unpaired) electrons. The molecule has 2 aromatic rings. The third-order valence-electron chi connectivity index (χ3n) is 3.06. The molecule has 0 saturated heterocycles. The molecule has 0 aliphatic rings. The van der Waals surface area contributed by atoms with Crippen LogP contribution in [0.25, 0.3) is 0 Å². The molecule has 1 aromatic carbocycles. The molecule has 0 atom stereocenters. The second kappa shape index (κ2) is 8.02. The minimum atomic E-state index is 0.915. The van der Waals surface area contributed by atoms with Crippen LogP contribution in [-0.4, -0.2) is 30.0 Å². The van der Waals surface area contributed by atoms with Crippen molar-refractivity contribution >= 4 is 21.7 Å². The number of nitrogens with one attached hydrogen (secondary N) is 1. The molecule has 0 aliphatic heterocycles. The van der Waals surface area contributed by atoms with Gasteiger partial charge in [-0.1, -0.05) is 30.3 Å². The number of anilines is 1. The van der Waals surface area contributed by atoms with E-state index in [4.69, 9.17) is 0 Å². The molecule has 0 amide bonds. The molecule has 0 bridgehead atoms. The zero-order valence-electron chi connectivity index (χ0n) is 11.7. The molecule has 1 heterocycles. The van der Waals surface area contributed by atoms with Gasteiger partial charge in [-0.3, -0.25) is 0 Å². The lowest BCUT2D eigenvalue weighted by Gasteiger charge is -2.17. The first-order valence-corrected chi connectivity index (χ1v) is 7.62. The van der Waals surface area contributed by atoms with E-state index < -0.39 is 0 Å². The number of hydrogen-bond acceptors (Lipinski definition) is 3. The fourth-order valence-corrected chi connectivity index (χ4v) is 2.44. The molecular formula is C16H20BrN3. The highest BCUT2D eigenvalue weighted by molar-refractivity contribution is 9.10. The molecule has 0 aliphatic carbocycles. The van der Waals surface area contributed by atoms with Crippen molar-refractivity contribution in [2.75, 3.05) is 25.5 Å². The van der Waals surface area contributed by atoms with Crippen LogP contribution in [0.4, 0.5) is 5.82 Å². The van der Waals surface area contributed by atoms with Gasteiger partial charge in [0.25, 0.3) is 0 Å². The monoisotopic (exact) mass is 333 g/mol. The third kappa shape index (κ3) is 4.94. The van der Waals surface area contributed by atoms with E-state index in [1.165, 1.54) is 5.56 Å². The minimum Gasteiger partial charge on any atom is -0.369 e. The van der Waals surface area contributed by atoms with Crippen molar-refractivity contribution in [2.45, 2.75) is 13.0 Å². The van der Waals surface area contributed by atoms with Gasteiger partial charge in [-0.05, 0) is 53.6 Å². The van der Waals surface area contributed by atoms with Crippen molar-refractivity contribution in [3.63, 3.8) is 0 Å². The van der Waals surface area contributed by atoms with Crippen LogP contribution in [0.2, 0.25) is 0 Å². The van der Waals surface area contributed by atoms with Gasteiger partial charge >= 0.3 is 0 Å². The van der Waals surface area contributed by atoms with Gasteiger partial charge in [0, 0.05) is 19.3 Å². The van der Waals surface area contributed by atoms with E-state index in [1.807, 2.05) is 12.1 Å². The van der Waals surface area contributed by atoms with Crippen molar-refractivity contribution in [1.82, 2.24) is 9.88 Å². The van der Waals surface area contributed by atoms with Crippen LogP contribution < -0.4 is 5.32 Å². The van der Waals surface area contributed by atoms with Crippen molar-refractivity contribution < 1.29 is 0 Å². The zero-order chi connectivity index (χ0) is 14.2. The van der Waals surface area contributed by atoms with Gasteiger partial charge in [0.15, 0.2) is 0 Å². The Balaban J connectivity index is 1.67. The molecule has 0 spiro atoms. The standard InChI is InChI=1S/C16H20BrN3/c1-20(13-14-7-3-2-4-8-14)12-6-11-19-16-15(17)9-5-10-18-16/h2-5,7-10H,6,11-13H2,1H3,(H,18,19). The third-order valence-corrected chi connectivity index (χ3v) is 3.70. The molecule has 4 heteroatoms. The molecule has 0 fully saturated rings. The van der Waals surface area contributed by atoms with E-state index in [0.29, 0.717) is 0 Å². The van der Waals surface area contributed by atoms with Crippen molar-refractivity contribution in [1.29, 1.82) is 0 Å². The van der Waals surface area contributed by atoms with Crippen molar-refractivity contribution in [3.05, 3.63) is 58.7 Å². The summed E-state index contributed by atoms with van der Waals surface area (Å²) in [7, 11) is 2.16. The van der Waals surface area contributed by atoms with Gasteiger partial charge in [-0.2, -0.15) is 0 Å². The zero-order valence-corrected chi connectivity index (χ0v) is 13.3. The Bertz CT molecular complexity index is 516. The molecule has 1 aromatic heterocycles. The maximum atomic E-state index is 4.29. The fraction of sp³-hybridized carbons (Fsp3) is 0.312. The van der Waals surface area contributed by atoms with E-state index in [1.54, 1.807) is 6.20 Å². The largest absolute Gasteiger partial charge is 0.369 e. The maximum Gasteiger partial charge on any atom is 0.140 e. The number of halogens is 1. The van der Waals surface area contributed by atoms with Crippen LogP contribution in [0.15, 0.2) is 53.1 Å². The van der Waals surface area contributed by atoms with Crippen LogP contribution in [0.1, 0.15) is 12.0 Å². The normalized spacial score (nSPS) is 10.8. The SMILES string of the molecule is CN(CCCNc1ncccc1Br)Cc1ccccc1. The second-order valence-electron chi connectivity index (χ2n) is 4.84. The number of rotatable bonds is 7. The number of benzene rings is 1. The lowest BCUT2D eigenvalue weighted by atomic mass is 10.2. The van der Waals surface area contributed by atoms with Crippen LogP contribution in [0.3, 0.4) is 0 Å². The summed E-state index contributed by atoms with van der Waals surface area (Å²) in [4.78, 5) is 6.63. The quantitative estimate of drug-likeness (QED) is 0.781. The van der Waals surface area contributed by atoms with Gasteiger partial charge in [-0.25, -0.2) is 4.98 Å². The van der Waals surface area contributed by atoms with Gasteiger partial charge in [-0.15, -0.1) is 0 Å². The summed E-state index contributed by atoms with van der Waals surface area (Å²) < 4.78 is 1.01. The fourth-order valence-electron chi connectivity index (χ4n) is 2.05. The Morgan fingerprint density at radius 2 is 1.95 bits per heavy atom. The summed E-state index contributed by atoms with van der Waals surface area (Å²) in [6, 6.07) is 14.5. The van der Waals surface area contributed by atoms with Gasteiger partial charge in [0.1, 0.15) is 5.82 Å². The summed E-state index contributed by atoms with van der Waals surface area (Å²) in [6.45, 7) is 2.98. The lowest BCUT2D eigenvalue weighted by Crippen LogP contribution is -2.21.